The first-order valence-corrected chi connectivity index (χ1v) is 7.14. The van der Waals surface area contributed by atoms with Gasteiger partial charge in [0.25, 0.3) is 0 Å². The van der Waals surface area contributed by atoms with Gasteiger partial charge in [-0.05, 0) is 47.9 Å². The summed E-state index contributed by atoms with van der Waals surface area (Å²) in [5.74, 6) is -0.00102. The van der Waals surface area contributed by atoms with Crippen LogP contribution in [0.2, 0.25) is 0 Å². The summed E-state index contributed by atoms with van der Waals surface area (Å²) in [5, 5.41) is 0. The third-order valence-electron chi connectivity index (χ3n) is 3.32. The van der Waals surface area contributed by atoms with Crippen molar-refractivity contribution in [2.24, 2.45) is 4.99 Å². The highest BCUT2D eigenvalue weighted by atomic mass is 19.1. The Labute approximate surface area is 134 Å². The minimum absolute atomic E-state index is 0.289. The van der Waals surface area contributed by atoms with Crippen molar-refractivity contribution in [3.05, 3.63) is 65.0 Å². The molecule has 0 aliphatic rings. The number of methoxy groups -OCH3 is 2. The van der Waals surface area contributed by atoms with Gasteiger partial charge in [0.2, 0.25) is 0 Å². The van der Waals surface area contributed by atoms with Crippen molar-refractivity contribution >= 4 is 12.2 Å². The Hall–Kier alpha value is -2.69. The number of ether oxygens (including phenoxy) is 2. The van der Waals surface area contributed by atoms with Crippen LogP contribution in [0.5, 0.6) is 5.75 Å². The van der Waals surface area contributed by atoms with Crippen LogP contribution >= 0.6 is 0 Å². The van der Waals surface area contributed by atoms with Crippen molar-refractivity contribution in [1.82, 2.24) is 0 Å². The zero-order valence-electron chi connectivity index (χ0n) is 13.1. The third-order valence-corrected chi connectivity index (χ3v) is 3.32. The molecule has 2 aromatic carbocycles. The fourth-order valence-electron chi connectivity index (χ4n) is 2.12. The molecule has 0 aromatic heterocycles. The Morgan fingerprint density at radius 3 is 2.57 bits per heavy atom. The lowest BCUT2D eigenvalue weighted by molar-refractivity contribution is 0.0600. The molecule has 0 bridgehead atoms. The maximum Gasteiger partial charge on any atom is 0.337 e. The topological polar surface area (TPSA) is 47.9 Å². The lowest BCUT2D eigenvalue weighted by Crippen LogP contribution is -2.00. The quantitative estimate of drug-likeness (QED) is 0.607. The number of rotatable bonds is 6. The number of hydrogen-bond acceptors (Lipinski definition) is 4. The second-order valence-electron chi connectivity index (χ2n) is 4.86. The highest BCUT2D eigenvalue weighted by Gasteiger charge is 2.04. The molecule has 0 amide bonds. The maximum atomic E-state index is 13.3. The van der Waals surface area contributed by atoms with Gasteiger partial charge in [0, 0.05) is 12.8 Å². The Bertz CT molecular complexity index is 696. The largest absolute Gasteiger partial charge is 0.496 e. The van der Waals surface area contributed by atoms with E-state index in [0.29, 0.717) is 24.3 Å². The molecule has 0 fully saturated rings. The Morgan fingerprint density at radius 1 is 1.17 bits per heavy atom. The summed E-state index contributed by atoms with van der Waals surface area (Å²) in [7, 11) is 2.90. The number of benzene rings is 2. The van der Waals surface area contributed by atoms with Crippen molar-refractivity contribution in [2.45, 2.75) is 6.42 Å². The highest BCUT2D eigenvalue weighted by molar-refractivity contribution is 5.90. The normalized spacial score (nSPS) is 10.7. The second kappa shape index (κ2) is 8.08. The van der Waals surface area contributed by atoms with E-state index in [0.717, 1.165) is 11.1 Å². The van der Waals surface area contributed by atoms with Gasteiger partial charge in [-0.2, -0.15) is 0 Å². The molecule has 0 aliphatic heterocycles. The van der Waals surface area contributed by atoms with E-state index in [9.17, 15) is 9.18 Å². The number of esters is 1. The Balaban J connectivity index is 1.94. The Morgan fingerprint density at radius 2 is 1.91 bits per heavy atom. The molecule has 23 heavy (non-hydrogen) atoms. The van der Waals surface area contributed by atoms with Gasteiger partial charge in [-0.3, -0.25) is 4.99 Å². The number of carbonyl (C=O) groups is 1. The predicted molar refractivity (Wildman–Crippen MR) is 86.9 cm³/mol. The second-order valence-corrected chi connectivity index (χ2v) is 4.86. The van der Waals surface area contributed by atoms with E-state index in [2.05, 4.69) is 9.73 Å². The van der Waals surface area contributed by atoms with Gasteiger partial charge >= 0.3 is 5.97 Å². The first kappa shape index (κ1) is 16.7. The molecule has 0 atom stereocenters. The molecule has 0 saturated carbocycles. The van der Waals surface area contributed by atoms with Crippen LogP contribution in [-0.4, -0.2) is 32.9 Å². The van der Waals surface area contributed by atoms with Gasteiger partial charge < -0.3 is 9.47 Å². The molecular formula is C18H18FNO3. The highest BCUT2D eigenvalue weighted by Crippen LogP contribution is 2.19. The molecule has 0 N–H and O–H groups in total. The van der Waals surface area contributed by atoms with Gasteiger partial charge in [-0.1, -0.05) is 12.1 Å². The summed E-state index contributed by atoms with van der Waals surface area (Å²) < 4.78 is 23.1. The van der Waals surface area contributed by atoms with E-state index in [1.165, 1.54) is 19.2 Å². The van der Waals surface area contributed by atoms with E-state index < -0.39 is 0 Å². The molecule has 2 rings (SSSR count). The fourth-order valence-corrected chi connectivity index (χ4v) is 2.12. The summed E-state index contributed by atoms with van der Waals surface area (Å²) in [6.07, 6.45) is 2.30. The van der Waals surface area contributed by atoms with Gasteiger partial charge in [-0.15, -0.1) is 0 Å². The number of carbonyl (C=O) groups excluding carboxylic acids is 1. The van der Waals surface area contributed by atoms with Crippen LogP contribution in [0, 0.1) is 5.82 Å². The van der Waals surface area contributed by atoms with Crippen LogP contribution in [0.15, 0.2) is 47.5 Å². The lowest BCUT2D eigenvalue weighted by atomic mass is 10.1. The van der Waals surface area contributed by atoms with Gasteiger partial charge in [0.05, 0.1) is 19.8 Å². The Kier molecular flexibility index (Phi) is 5.86. The van der Waals surface area contributed by atoms with Crippen LogP contribution in [0.4, 0.5) is 4.39 Å². The predicted octanol–water partition coefficient (Wildman–Crippen LogP) is 3.28. The SMILES string of the molecule is COC(=O)c1ccc(C=NCCc2cc(F)ccc2OC)cc1. The smallest absolute Gasteiger partial charge is 0.337 e. The zero-order valence-corrected chi connectivity index (χ0v) is 13.1. The average molecular weight is 315 g/mol. The van der Waals surface area contributed by atoms with Crippen molar-refractivity contribution in [1.29, 1.82) is 0 Å². The van der Waals surface area contributed by atoms with Crippen LogP contribution in [0.3, 0.4) is 0 Å². The van der Waals surface area contributed by atoms with Crippen LogP contribution in [0.25, 0.3) is 0 Å². The van der Waals surface area contributed by atoms with E-state index in [4.69, 9.17) is 4.74 Å². The van der Waals surface area contributed by atoms with E-state index in [-0.39, 0.29) is 11.8 Å². The molecule has 0 heterocycles. The minimum atomic E-state index is -0.369. The standard InChI is InChI=1S/C18H18FNO3/c1-22-17-8-7-16(19)11-15(17)9-10-20-12-13-3-5-14(6-4-13)18(21)23-2/h3-8,11-12H,9-10H2,1-2H3. The monoisotopic (exact) mass is 315 g/mol. The summed E-state index contributed by atoms with van der Waals surface area (Å²) in [6.45, 7) is 0.512. The molecule has 0 unspecified atom stereocenters. The van der Waals surface area contributed by atoms with Crippen molar-refractivity contribution in [3.63, 3.8) is 0 Å². The molecular weight excluding hydrogens is 297 g/mol. The third kappa shape index (κ3) is 4.64. The van der Waals surface area contributed by atoms with Crippen LogP contribution in [0.1, 0.15) is 21.5 Å². The summed E-state index contributed by atoms with van der Waals surface area (Å²) in [5.41, 5.74) is 2.16. The van der Waals surface area contributed by atoms with Crippen molar-refractivity contribution in [2.75, 3.05) is 20.8 Å². The first-order valence-electron chi connectivity index (χ1n) is 7.14. The van der Waals surface area contributed by atoms with E-state index in [1.807, 2.05) is 0 Å². The molecule has 0 aliphatic carbocycles. The minimum Gasteiger partial charge on any atom is -0.496 e. The number of aliphatic imine (C=N–C) groups is 1. The lowest BCUT2D eigenvalue weighted by Gasteiger charge is -2.06. The average Bonchev–Trinajstić information content (AvgIpc) is 2.58. The number of hydrogen-bond donors (Lipinski definition) is 0. The summed E-state index contributed by atoms with van der Waals surface area (Å²) >= 11 is 0. The molecule has 2 aromatic rings. The maximum absolute atomic E-state index is 13.3. The first-order chi connectivity index (χ1) is 11.1. The van der Waals surface area contributed by atoms with Gasteiger partial charge in [0.1, 0.15) is 11.6 Å². The molecule has 0 saturated heterocycles. The van der Waals surface area contributed by atoms with Gasteiger partial charge in [0.15, 0.2) is 0 Å². The van der Waals surface area contributed by atoms with Crippen molar-refractivity contribution in [3.8, 4) is 5.75 Å². The zero-order chi connectivity index (χ0) is 16.7. The van der Waals surface area contributed by atoms with Gasteiger partial charge in [-0.25, -0.2) is 9.18 Å². The fraction of sp³-hybridized carbons (Fsp3) is 0.222. The number of halogens is 1. The molecule has 5 heteroatoms. The van der Waals surface area contributed by atoms with E-state index in [1.54, 1.807) is 43.7 Å². The van der Waals surface area contributed by atoms with Crippen LogP contribution in [-0.2, 0) is 11.2 Å². The molecule has 4 nitrogen and oxygen atoms in total. The summed E-state index contributed by atoms with van der Waals surface area (Å²) in [4.78, 5) is 15.6. The van der Waals surface area contributed by atoms with E-state index >= 15 is 0 Å². The van der Waals surface area contributed by atoms with Crippen LogP contribution < -0.4 is 4.74 Å². The molecule has 0 spiro atoms. The molecule has 0 radical (unpaired) electrons. The summed E-state index contributed by atoms with van der Waals surface area (Å²) in [6, 6.07) is 11.4. The number of nitrogens with zero attached hydrogens (tertiary/aromatic N) is 1. The molecule has 120 valence electrons. The van der Waals surface area contributed by atoms with Crippen molar-refractivity contribution < 1.29 is 18.7 Å².